The molecule has 2 heterocycles. The predicted molar refractivity (Wildman–Crippen MR) is 66.8 cm³/mol. The van der Waals surface area contributed by atoms with Crippen molar-refractivity contribution in [1.82, 2.24) is 9.38 Å². The van der Waals surface area contributed by atoms with Gasteiger partial charge < -0.3 is 10.1 Å². The van der Waals surface area contributed by atoms with Crippen LogP contribution in [0.2, 0.25) is 0 Å². The predicted octanol–water partition coefficient (Wildman–Crippen LogP) is 2.27. The Balaban J connectivity index is 2.70. The maximum absolute atomic E-state index is 5.68. The van der Waals surface area contributed by atoms with Crippen LogP contribution in [0.3, 0.4) is 0 Å². The highest BCUT2D eigenvalue weighted by atomic mass is 15.0. The van der Waals surface area contributed by atoms with Gasteiger partial charge in [0.15, 0.2) is 0 Å². The average Bonchev–Trinajstić information content (AvgIpc) is 2.60. The Morgan fingerprint density at radius 3 is 2.81 bits per heavy atom. The van der Waals surface area contributed by atoms with Crippen molar-refractivity contribution in [2.45, 2.75) is 33.1 Å². The fourth-order valence-corrected chi connectivity index (χ4v) is 2.12. The van der Waals surface area contributed by atoms with Gasteiger partial charge in [-0.15, -0.1) is 0 Å². The van der Waals surface area contributed by atoms with E-state index in [2.05, 4.69) is 43.5 Å². The summed E-state index contributed by atoms with van der Waals surface area (Å²) in [7, 11) is 0. The lowest BCUT2D eigenvalue weighted by Gasteiger charge is -2.05. The molecule has 0 fully saturated rings. The van der Waals surface area contributed by atoms with E-state index >= 15 is 0 Å². The lowest BCUT2D eigenvalue weighted by atomic mass is 10.1. The number of hydrogen-bond acceptors (Lipinski definition) is 2. The monoisotopic (exact) mass is 217 g/mol. The van der Waals surface area contributed by atoms with Gasteiger partial charge in [0.2, 0.25) is 0 Å². The van der Waals surface area contributed by atoms with E-state index < -0.39 is 0 Å². The number of rotatable bonds is 3. The smallest absolute Gasteiger partial charge is 0.140 e. The van der Waals surface area contributed by atoms with E-state index in [4.69, 9.17) is 10.7 Å². The molecule has 0 unspecified atom stereocenters. The maximum Gasteiger partial charge on any atom is 0.140 e. The molecule has 0 amide bonds. The van der Waals surface area contributed by atoms with E-state index in [0.29, 0.717) is 12.5 Å². The quantitative estimate of drug-likeness (QED) is 0.857. The summed E-state index contributed by atoms with van der Waals surface area (Å²) in [5.74, 6) is 0.445. The summed E-state index contributed by atoms with van der Waals surface area (Å²) < 4.78 is 2.18. The summed E-state index contributed by atoms with van der Waals surface area (Å²) in [4.78, 5) is 4.74. The van der Waals surface area contributed by atoms with Gasteiger partial charge in [0.05, 0.1) is 5.69 Å². The zero-order valence-electron chi connectivity index (χ0n) is 10.2. The number of aryl methyl sites for hydroxylation is 1. The molecular formula is C13H19N3. The molecule has 16 heavy (non-hydrogen) atoms. The Bertz CT molecular complexity index is 497. The molecular weight excluding hydrogens is 198 g/mol. The van der Waals surface area contributed by atoms with Crippen LogP contribution in [0.15, 0.2) is 18.3 Å². The topological polar surface area (TPSA) is 43.3 Å². The molecule has 0 spiro atoms. The molecule has 0 radical (unpaired) electrons. The third-order valence-corrected chi connectivity index (χ3v) is 2.90. The Labute approximate surface area is 96.3 Å². The molecule has 0 aliphatic rings. The molecule has 2 aromatic heterocycles. The zero-order valence-corrected chi connectivity index (χ0v) is 10.2. The largest absolute Gasteiger partial charge is 0.330 e. The van der Waals surface area contributed by atoms with E-state index in [1.165, 1.54) is 17.0 Å². The van der Waals surface area contributed by atoms with Gasteiger partial charge in [-0.25, -0.2) is 4.98 Å². The van der Waals surface area contributed by atoms with E-state index in [1.807, 2.05) is 0 Å². The minimum absolute atomic E-state index is 0.445. The number of hydrogen-bond donors (Lipinski definition) is 1. The minimum atomic E-state index is 0.445. The lowest BCUT2D eigenvalue weighted by molar-refractivity contribution is 0.791. The van der Waals surface area contributed by atoms with Crippen molar-refractivity contribution in [1.29, 1.82) is 0 Å². The van der Waals surface area contributed by atoms with Gasteiger partial charge in [0.1, 0.15) is 5.65 Å². The minimum Gasteiger partial charge on any atom is -0.330 e. The van der Waals surface area contributed by atoms with Gasteiger partial charge in [0, 0.05) is 18.3 Å². The highest BCUT2D eigenvalue weighted by Crippen LogP contribution is 2.22. The van der Waals surface area contributed by atoms with Crippen molar-refractivity contribution >= 4 is 5.65 Å². The Hall–Kier alpha value is -1.35. The normalized spacial score (nSPS) is 11.6. The summed E-state index contributed by atoms with van der Waals surface area (Å²) in [6.45, 7) is 7.12. The second-order valence-corrected chi connectivity index (χ2v) is 4.52. The second-order valence-electron chi connectivity index (χ2n) is 4.52. The molecule has 2 aromatic rings. The van der Waals surface area contributed by atoms with Crippen LogP contribution in [-0.2, 0) is 6.42 Å². The number of aromatic nitrogens is 2. The molecule has 2 N–H and O–H groups in total. The summed E-state index contributed by atoms with van der Waals surface area (Å²) in [5.41, 5.74) is 10.4. The van der Waals surface area contributed by atoms with Crippen LogP contribution in [0, 0.1) is 6.92 Å². The van der Waals surface area contributed by atoms with Crippen LogP contribution in [-0.4, -0.2) is 15.9 Å². The van der Waals surface area contributed by atoms with Crippen LogP contribution in [0.25, 0.3) is 5.65 Å². The van der Waals surface area contributed by atoms with Gasteiger partial charge >= 0.3 is 0 Å². The maximum atomic E-state index is 5.68. The molecule has 0 bridgehead atoms. The van der Waals surface area contributed by atoms with Crippen LogP contribution in [0.4, 0.5) is 0 Å². The third-order valence-electron chi connectivity index (χ3n) is 2.90. The molecule has 0 saturated carbocycles. The lowest BCUT2D eigenvalue weighted by Crippen LogP contribution is -2.08. The Morgan fingerprint density at radius 2 is 2.19 bits per heavy atom. The standard InChI is InChI=1S/C13H19N3/c1-9(2)12-11(6-7-14)16-8-4-5-10(3)13(16)15-12/h4-5,8-9H,6-7,14H2,1-3H3. The molecule has 0 aliphatic heterocycles. The van der Waals surface area contributed by atoms with Crippen molar-refractivity contribution in [2.75, 3.05) is 6.54 Å². The molecule has 0 saturated heterocycles. The van der Waals surface area contributed by atoms with Crippen LogP contribution in [0.1, 0.15) is 36.7 Å². The van der Waals surface area contributed by atoms with Crippen LogP contribution >= 0.6 is 0 Å². The Kier molecular flexibility index (Phi) is 2.97. The first kappa shape index (κ1) is 11.1. The van der Waals surface area contributed by atoms with Crippen molar-refractivity contribution in [2.24, 2.45) is 5.73 Å². The van der Waals surface area contributed by atoms with Gasteiger partial charge in [0.25, 0.3) is 0 Å². The second kappa shape index (κ2) is 4.26. The van der Waals surface area contributed by atoms with E-state index in [-0.39, 0.29) is 0 Å². The first-order valence-corrected chi connectivity index (χ1v) is 5.81. The third kappa shape index (κ3) is 1.71. The number of fused-ring (bicyclic) bond motifs is 1. The highest BCUT2D eigenvalue weighted by molar-refractivity contribution is 5.50. The first-order valence-electron chi connectivity index (χ1n) is 5.81. The molecule has 3 heteroatoms. The number of pyridine rings is 1. The number of nitrogens with zero attached hydrogens (tertiary/aromatic N) is 2. The van der Waals surface area contributed by atoms with Crippen LogP contribution in [0.5, 0.6) is 0 Å². The van der Waals surface area contributed by atoms with Gasteiger partial charge in [-0.1, -0.05) is 19.9 Å². The summed E-state index contributed by atoms with van der Waals surface area (Å²) in [5, 5.41) is 0. The fourth-order valence-electron chi connectivity index (χ4n) is 2.12. The Morgan fingerprint density at radius 1 is 1.44 bits per heavy atom. The number of imidazole rings is 1. The van der Waals surface area contributed by atoms with E-state index in [9.17, 15) is 0 Å². The molecule has 0 aliphatic carbocycles. The molecule has 2 rings (SSSR count). The molecule has 3 nitrogen and oxygen atoms in total. The van der Waals surface area contributed by atoms with Gasteiger partial charge in [-0.3, -0.25) is 0 Å². The molecule has 0 atom stereocenters. The summed E-state index contributed by atoms with van der Waals surface area (Å²) in [6.07, 6.45) is 2.96. The average molecular weight is 217 g/mol. The van der Waals surface area contributed by atoms with E-state index in [0.717, 1.165) is 12.1 Å². The number of nitrogens with two attached hydrogens (primary N) is 1. The van der Waals surface area contributed by atoms with Crippen molar-refractivity contribution < 1.29 is 0 Å². The SMILES string of the molecule is Cc1cccn2c(CCN)c(C(C)C)nc12. The van der Waals surface area contributed by atoms with Gasteiger partial charge in [-0.2, -0.15) is 0 Å². The van der Waals surface area contributed by atoms with E-state index in [1.54, 1.807) is 0 Å². The summed E-state index contributed by atoms with van der Waals surface area (Å²) >= 11 is 0. The zero-order chi connectivity index (χ0) is 11.7. The highest BCUT2D eigenvalue weighted by Gasteiger charge is 2.14. The molecule has 0 aromatic carbocycles. The van der Waals surface area contributed by atoms with Crippen LogP contribution < -0.4 is 5.73 Å². The molecule has 86 valence electrons. The van der Waals surface area contributed by atoms with Crippen molar-refractivity contribution in [3.8, 4) is 0 Å². The first-order chi connectivity index (χ1) is 7.65. The van der Waals surface area contributed by atoms with Crippen molar-refractivity contribution in [3.05, 3.63) is 35.3 Å². The van der Waals surface area contributed by atoms with Crippen molar-refractivity contribution in [3.63, 3.8) is 0 Å². The van der Waals surface area contributed by atoms with Gasteiger partial charge in [-0.05, 0) is 31.0 Å². The summed E-state index contributed by atoms with van der Waals surface area (Å²) in [6, 6.07) is 4.16. The fraction of sp³-hybridized carbons (Fsp3) is 0.462.